The number of methoxy groups -OCH3 is 2. The van der Waals surface area contributed by atoms with Gasteiger partial charge in [0.15, 0.2) is 0 Å². The highest BCUT2D eigenvalue weighted by atomic mass is 19.4. The number of piperazine rings is 1. The number of amides is 3. The number of pyridine rings is 1. The molecule has 1 saturated carbocycles. The van der Waals surface area contributed by atoms with E-state index in [0.29, 0.717) is 81.2 Å². The number of piperidine rings is 2. The second kappa shape index (κ2) is 17.0. The molecule has 58 heavy (non-hydrogen) atoms. The number of rotatable bonds is 12. The van der Waals surface area contributed by atoms with Crippen LogP contribution in [0.1, 0.15) is 74.1 Å². The molecule has 2 aromatic rings. The number of alkyl halides is 3. The van der Waals surface area contributed by atoms with E-state index in [9.17, 15) is 32.3 Å². The normalized spacial score (nSPS) is 20.8. The average Bonchev–Trinajstić information content (AvgIpc) is 3.97. The van der Waals surface area contributed by atoms with Crippen LogP contribution in [0.4, 0.5) is 24.5 Å². The second-order valence-corrected chi connectivity index (χ2v) is 16.2. The van der Waals surface area contributed by atoms with Gasteiger partial charge in [-0.2, -0.15) is 13.2 Å². The number of aryl methyl sites for hydroxylation is 1. The highest BCUT2D eigenvalue weighted by Crippen LogP contribution is 2.46. The minimum absolute atomic E-state index is 0.0521. The Hall–Kier alpha value is -5.05. The second-order valence-electron chi connectivity index (χ2n) is 16.2. The summed E-state index contributed by atoms with van der Waals surface area (Å²) < 4.78 is 56.2. The van der Waals surface area contributed by atoms with Crippen molar-refractivity contribution in [3.8, 4) is 0 Å². The summed E-state index contributed by atoms with van der Waals surface area (Å²) in [7, 11) is 4.96. The topological polar surface area (TPSA) is 125 Å². The third-order valence-electron chi connectivity index (χ3n) is 12.5. The summed E-state index contributed by atoms with van der Waals surface area (Å²) in [4.78, 5) is 56.0. The van der Waals surface area contributed by atoms with Crippen molar-refractivity contribution in [1.82, 2.24) is 19.7 Å². The van der Waals surface area contributed by atoms with Crippen LogP contribution in [0.3, 0.4) is 0 Å². The summed E-state index contributed by atoms with van der Waals surface area (Å²) >= 11 is 0. The van der Waals surface area contributed by atoms with Gasteiger partial charge in [-0.3, -0.25) is 29.4 Å². The van der Waals surface area contributed by atoms with Gasteiger partial charge in [0.05, 0.1) is 19.8 Å². The van der Waals surface area contributed by atoms with Gasteiger partial charge in [-0.15, -0.1) is 0 Å². The van der Waals surface area contributed by atoms with E-state index in [4.69, 9.17) is 9.47 Å². The van der Waals surface area contributed by atoms with Crippen LogP contribution in [-0.4, -0.2) is 97.2 Å². The molecule has 1 spiro atoms. The smallest absolute Gasteiger partial charge is 0.418 e. The van der Waals surface area contributed by atoms with Gasteiger partial charge in [-0.1, -0.05) is 6.58 Å². The fourth-order valence-electron chi connectivity index (χ4n) is 8.49. The molecule has 1 atom stereocenters. The number of nitrogens with one attached hydrogen (secondary N) is 2. The first-order valence-electron chi connectivity index (χ1n) is 19.9. The summed E-state index contributed by atoms with van der Waals surface area (Å²) in [5.74, 6) is 0.491. The molecule has 2 N–H and O–H groups in total. The van der Waals surface area contributed by atoms with E-state index in [1.54, 1.807) is 36.9 Å². The fraction of sp³-hybridized carbons (Fsp3) is 0.535. The van der Waals surface area contributed by atoms with Crippen LogP contribution in [0.25, 0.3) is 5.57 Å². The number of imide groups is 1. The summed E-state index contributed by atoms with van der Waals surface area (Å²) in [6.45, 7) is 13.1. The predicted molar refractivity (Wildman–Crippen MR) is 216 cm³/mol. The minimum Gasteiger partial charge on any atom is -0.501 e. The average molecular weight is 809 g/mol. The SMILES string of the molecule is C=C(/C=C(OC)\C(CN1CCN(C(=O)CC2CCN(c3ccc(NC4CCC(=O)NC4=O)cc3C(F)(F)F)CC2)CC12CC2)=C(/C)OC)c1cn(C)c(=O)c(C)c1C. The molecule has 4 aliphatic rings. The number of hydrogen-bond donors (Lipinski definition) is 2. The lowest BCUT2D eigenvalue weighted by molar-refractivity contribution is -0.137. The van der Waals surface area contributed by atoms with Gasteiger partial charge in [0, 0.05) is 99.0 Å². The molecular formula is C43H55F3N6O6. The largest absolute Gasteiger partial charge is 0.501 e. The number of ether oxygens (including phenoxy) is 2. The van der Waals surface area contributed by atoms with Crippen LogP contribution in [-0.2, 0) is 37.1 Å². The maximum absolute atomic E-state index is 14.3. The van der Waals surface area contributed by atoms with Crippen LogP contribution in [0.15, 0.2) is 58.9 Å². The molecule has 0 bridgehead atoms. The van der Waals surface area contributed by atoms with E-state index in [1.807, 2.05) is 31.7 Å². The molecule has 314 valence electrons. The van der Waals surface area contributed by atoms with E-state index >= 15 is 0 Å². The number of hydrogen-bond acceptors (Lipinski definition) is 9. The van der Waals surface area contributed by atoms with Crippen LogP contribution in [0.2, 0.25) is 0 Å². The number of benzene rings is 1. The maximum atomic E-state index is 14.3. The lowest BCUT2D eigenvalue weighted by atomic mass is 9.91. The van der Waals surface area contributed by atoms with E-state index in [-0.39, 0.29) is 47.1 Å². The molecule has 3 amide bonds. The van der Waals surface area contributed by atoms with Crippen molar-refractivity contribution in [2.45, 2.75) is 83.5 Å². The Balaban J connectivity index is 1.06. The highest BCUT2D eigenvalue weighted by molar-refractivity contribution is 6.01. The van der Waals surface area contributed by atoms with Gasteiger partial charge in [0.2, 0.25) is 17.7 Å². The minimum atomic E-state index is -4.62. The Morgan fingerprint density at radius 3 is 2.36 bits per heavy atom. The molecule has 3 saturated heterocycles. The van der Waals surface area contributed by atoms with E-state index in [2.05, 4.69) is 22.1 Å². The molecule has 12 nitrogen and oxygen atoms in total. The van der Waals surface area contributed by atoms with Crippen LogP contribution >= 0.6 is 0 Å². The van der Waals surface area contributed by atoms with Crippen LogP contribution in [0, 0.1) is 19.8 Å². The van der Waals surface area contributed by atoms with Crippen molar-refractivity contribution in [3.63, 3.8) is 0 Å². The Morgan fingerprint density at radius 2 is 1.74 bits per heavy atom. The third-order valence-corrected chi connectivity index (χ3v) is 12.5. The molecule has 1 aromatic heterocycles. The molecular weight excluding hydrogens is 754 g/mol. The molecule has 0 radical (unpaired) electrons. The summed E-state index contributed by atoms with van der Waals surface area (Å²) in [5, 5.41) is 5.07. The zero-order chi connectivity index (χ0) is 42.1. The predicted octanol–water partition coefficient (Wildman–Crippen LogP) is 5.69. The van der Waals surface area contributed by atoms with Crippen molar-refractivity contribution in [3.05, 3.63) is 86.7 Å². The summed E-state index contributed by atoms with van der Waals surface area (Å²) in [6, 6.07) is 3.20. The molecule has 1 aliphatic carbocycles. The molecule has 6 rings (SSSR count). The Morgan fingerprint density at radius 1 is 1.03 bits per heavy atom. The van der Waals surface area contributed by atoms with Crippen molar-refractivity contribution in [2.75, 3.05) is 63.7 Å². The number of anilines is 2. The third kappa shape index (κ3) is 9.14. The van der Waals surface area contributed by atoms with E-state index < -0.39 is 29.6 Å². The summed E-state index contributed by atoms with van der Waals surface area (Å²) in [5.41, 5.74) is 3.17. The first-order valence-corrected chi connectivity index (χ1v) is 19.9. The monoisotopic (exact) mass is 808 g/mol. The van der Waals surface area contributed by atoms with Gasteiger partial charge in [0.25, 0.3) is 5.56 Å². The van der Waals surface area contributed by atoms with Crippen molar-refractivity contribution >= 4 is 34.7 Å². The lowest BCUT2D eigenvalue weighted by Crippen LogP contribution is -2.57. The Labute approximate surface area is 337 Å². The molecule has 4 heterocycles. The molecule has 3 aliphatic heterocycles. The van der Waals surface area contributed by atoms with E-state index in [1.165, 1.54) is 12.1 Å². The summed E-state index contributed by atoms with van der Waals surface area (Å²) in [6.07, 6.45) is 2.79. The Kier molecular flexibility index (Phi) is 12.5. The fourth-order valence-corrected chi connectivity index (χ4v) is 8.49. The lowest BCUT2D eigenvalue weighted by Gasteiger charge is -2.43. The van der Waals surface area contributed by atoms with Crippen LogP contribution in [0.5, 0.6) is 0 Å². The molecule has 15 heteroatoms. The maximum Gasteiger partial charge on any atom is 0.418 e. The van der Waals surface area contributed by atoms with Gasteiger partial charge in [0.1, 0.15) is 17.6 Å². The first kappa shape index (κ1) is 42.6. The van der Waals surface area contributed by atoms with Crippen molar-refractivity contribution in [2.24, 2.45) is 13.0 Å². The number of carbonyl (C=O) groups excluding carboxylic acids is 3. The van der Waals surface area contributed by atoms with Crippen LogP contribution < -0.4 is 21.1 Å². The number of nitrogens with zero attached hydrogens (tertiary/aromatic N) is 4. The standard InChI is InChI=1S/C43H55F3N6O6/c1-26(32-23-49(5)41(56)28(3)27(32)2)20-37(58-7)33(29(4)57-6)24-52-19-18-51(25-42(52)14-15-42)39(54)21-30-12-16-50(17-13-30)36-10-8-31(22-34(36)43(44,45)46)47-35-9-11-38(53)48-40(35)55/h8,10,20,22-23,30,35,47H,1,9,11-19,21,24-25H2,2-7H3,(H,48,53,55)/b33-29+,37-20+. The van der Waals surface area contributed by atoms with Gasteiger partial charge < -0.3 is 29.2 Å². The van der Waals surface area contributed by atoms with Crippen molar-refractivity contribution in [1.29, 1.82) is 0 Å². The van der Waals surface area contributed by atoms with E-state index in [0.717, 1.165) is 35.6 Å². The number of carbonyl (C=O) groups is 3. The van der Waals surface area contributed by atoms with Gasteiger partial charge in [-0.25, -0.2) is 0 Å². The first-order chi connectivity index (χ1) is 27.4. The highest BCUT2D eigenvalue weighted by Gasteiger charge is 2.52. The molecule has 1 unspecified atom stereocenters. The number of allylic oxidation sites excluding steroid dienone is 3. The number of aromatic nitrogens is 1. The molecule has 1 aromatic carbocycles. The van der Waals surface area contributed by atoms with Gasteiger partial charge >= 0.3 is 6.18 Å². The van der Waals surface area contributed by atoms with Gasteiger partial charge in [-0.05, 0) is 94.2 Å². The Bertz CT molecular complexity index is 2080. The quantitative estimate of drug-likeness (QED) is 0.158. The zero-order valence-electron chi connectivity index (χ0n) is 34.3. The number of halogens is 3. The van der Waals surface area contributed by atoms with Crippen molar-refractivity contribution < 1.29 is 37.0 Å². The molecule has 4 fully saturated rings. The zero-order valence-corrected chi connectivity index (χ0v) is 34.3.